The summed E-state index contributed by atoms with van der Waals surface area (Å²) in [6.45, 7) is 14.1. The molecule has 0 N–H and O–H groups in total. The lowest BCUT2D eigenvalue weighted by Crippen LogP contribution is -2.54. The summed E-state index contributed by atoms with van der Waals surface area (Å²) in [6.07, 6.45) is 12.1. The molecule has 41 heavy (non-hydrogen) atoms. The molecule has 0 amide bonds. The Bertz CT molecular complexity index is 972. The van der Waals surface area contributed by atoms with E-state index in [4.69, 9.17) is 28.4 Å². The third-order valence-electron chi connectivity index (χ3n) is 11.7. The van der Waals surface area contributed by atoms with Crippen molar-refractivity contribution in [2.75, 3.05) is 41.7 Å². The SMILES string of the molecule is COCO[C@@H]1CC2=CC=C3[C@@H]4CC[C@H]([C@H](C)C(C)CC(=O)C(C)(C)OCOC)[C@@]4(C)CC[C@@H]3[C@@]2(C)[C@@H](OCOC)C1. The average Bonchev–Trinajstić information content (AvgIpc) is 3.30. The van der Waals surface area contributed by atoms with Crippen molar-refractivity contribution < 1.29 is 33.2 Å². The van der Waals surface area contributed by atoms with Crippen molar-refractivity contribution in [3.63, 3.8) is 0 Å². The first-order valence-electron chi connectivity index (χ1n) is 15.7. The van der Waals surface area contributed by atoms with Crippen LogP contribution in [-0.2, 0) is 33.2 Å². The number of ether oxygens (including phenoxy) is 6. The Labute approximate surface area is 248 Å². The third-order valence-corrected chi connectivity index (χ3v) is 11.7. The molecule has 4 rings (SSSR count). The summed E-state index contributed by atoms with van der Waals surface area (Å²) in [5.74, 6) is 2.54. The van der Waals surface area contributed by atoms with Gasteiger partial charge in [0.25, 0.3) is 0 Å². The van der Waals surface area contributed by atoms with Crippen molar-refractivity contribution in [1.82, 2.24) is 0 Å². The fourth-order valence-corrected chi connectivity index (χ4v) is 9.00. The number of fused-ring (bicyclic) bond motifs is 5. The topological polar surface area (TPSA) is 72.5 Å². The first kappa shape index (κ1) is 32.8. The van der Waals surface area contributed by atoms with Crippen molar-refractivity contribution in [3.05, 3.63) is 23.3 Å². The number of carbonyl (C=O) groups excluding carboxylic acids is 1. The molecule has 1 unspecified atom stereocenters. The Hall–Kier alpha value is -1.09. The van der Waals surface area contributed by atoms with E-state index >= 15 is 0 Å². The maximum Gasteiger partial charge on any atom is 0.164 e. The Balaban J connectivity index is 1.53. The molecule has 0 aliphatic heterocycles. The highest BCUT2D eigenvalue weighted by Crippen LogP contribution is 2.66. The Morgan fingerprint density at radius 1 is 0.951 bits per heavy atom. The van der Waals surface area contributed by atoms with Crippen LogP contribution in [0.5, 0.6) is 0 Å². The van der Waals surface area contributed by atoms with Crippen molar-refractivity contribution in [1.29, 1.82) is 0 Å². The van der Waals surface area contributed by atoms with E-state index in [1.165, 1.54) is 24.8 Å². The Kier molecular flexibility index (Phi) is 10.6. The average molecular weight is 577 g/mol. The highest BCUT2D eigenvalue weighted by atomic mass is 16.7. The highest BCUT2D eigenvalue weighted by Gasteiger charge is 2.59. The zero-order valence-electron chi connectivity index (χ0n) is 27.1. The summed E-state index contributed by atoms with van der Waals surface area (Å²) in [6, 6.07) is 0. The molecule has 0 bridgehead atoms. The molecular weight excluding hydrogens is 520 g/mol. The smallest absolute Gasteiger partial charge is 0.164 e. The number of hydrogen-bond acceptors (Lipinski definition) is 7. The molecule has 7 heteroatoms. The zero-order valence-corrected chi connectivity index (χ0v) is 27.1. The molecule has 234 valence electrons. The number of carbonyl (C=O) groups is 1. The van der Waals surface area contributed by atoms with Gasteiger partial charge in [-0.05, 0) is 81.0 Å². The predicted molar refractivity (Wildman–Crippen MR) is 159 cm³/mol. The van der Waals surface area contributed by atoms with Gasteiger partial charge in [-0.3, -0.25) is 4.79 Å². The number of methoxy groups -OCH3 is 3. The van der Waals surface area contributed by atoms with Crippen LogP contribution in [-0.4, -0.2) is 65.3 Å². The summed E-state index contributed by atoms with van der Waals surface area (Å²) >= 11 is 0. The van der Waals surface area contributed by atoms with Gasteiger partial charge >= 0.3 is 0 Å². The third kappa shape index (κ3) is 6.28. The van der Waals surface area contributed by atoms with Gasteiger partial charge in [0.1, 0.15) is 26.0 Å². The maximum atomic E-state index is 13.2. The molecule has 4 aliphatic rings. The van der Waals surface area contributed by atoms with E-state index in [0.717, 1.165) is 19.3 Å². The predicted octanol–water partition coefficient (Wildman–Crippen LogP) is 6.70. The summed E-state index contributed by atoms with van der Waals surface area (Å²) in [5, 5.41) is 0. The molecule has 0 aromatic carbocycles. The highest BCUT2D eigenvalue weighted by molar-refractivity contribution is 5.86. The summed E-state index contributed by atoms with van der Waals surface area (Å²) in [5.41, 5.74) is 2.42. The molecule has 7 nitrogen and oxygen atoms in total. The molecule has 9 atom stereocenters. The molecule has 0 saturated heterocycles. The normalized spacial score (nSPS) is 36.5. The van der Waals surface area contributed by atoms with E-state index < -0.39 is 5.60 Å². The molecule has 0 heterocycles. The second kappa shape index (κ2) is 13.3. The standard InChI is InChI=1S/C34H56O7/c1-22(16-30(35)32(3,4)41-21-38-9)23(2)27-12-13-28-26-11-10-24-17-25(39-19-36-7)18-31(40-20-37-8)34(24,6)29(26)14-15-33(27,28)5/h10-11,22-23,25,27-29,31H,12-21H2,1-9H3/t22?,23-,25-,27-,28+,29+,31+,33-,34+/m1/s1. The van der Waals surface area contributed by atoms with Crippen LogP contribution in [0.3, 0.4) is 0 Å². The van der Waals surface area contributed by atoms with Gasteiger partial charge in [-0.2, -0.15) is 0 Å². The molecule has 3 saturated carbocycles. The second-order valence-corrected chi connectivity index (χ2v) is 14.2. The van der Waals surface area contributed by atoms with Crippen molar-refractivity contribution in [3.8, 4) is 0 Å². The van der Waals surface area contributed by atoms with E-state index in [1.807, 2.05) is 13.8 Å². The van der Waals surface area contributed by atoms with Gasteiger partial charge in [0.15, 0.2) is 5.78 Å². The van der Waals surface area contributed by atoms with Gasteiger partial charge in [-0.25, -0.2) is 0 Å². The van der Waals surface area contributed by atoms with E-state index in [2.05, 4.69) is 39.8 Å². The number of rotatable bonds is 14. The van der Waals surface area contributed by atoms with Gasteiger partial charge in [0, 0.05) is 39.6 Å². The lowest BCUT2D eigenvalue weighted by molar-refractivity contribution is -0.163. The van der Waals surface area contributed by atoms with Gasteiger partial charge in [0.2, 0.25) is 0 Å². The molecular formula is C34H56O7. The number of ketones is 1. The Morgan fingerprint density at radius 2 is 1.63 bits per heavy atom. The van der Waals surface area contributed by atoms with Gasteiger partial charge in [-0.1, -0.05) is 51.0 Å². The summed E-state index contributed by atoms with van der Waals surface area (Å²) < 4.78 is 33.8. The van der Waals surface area contributed by atoms with Gasteiger partial charge < -0.3 is 28.4 Å². The maximum absolute atomic E-state index is 13.2. The van der Waals surface area contributed by atoms with Crippen LogP contribution >= 0.6 is 0 Å². The minimum absolute atomic E-state index is 0.0354. The van der Waals surface area contributed by atoms with Crippen LogP contribution in [0.25, 0.3) is 0 Å². The van der Waals surface area contributed by atoms with Crippen LogP contribution in [0, 0.1) is 40.4 Å². The minimum Gasteiger partial charge on any atom is -0.359 e. The number of hydrogen-bond donors (Lipinski definition) is 0. The van der Waals surface area contributed by atoms with Crippen LogP contribution in [0.1, 0.15) is 86.5 Å². The summed E-state index contributed by atoms with van der Waals surface area (Å²) in [7, 11) is 4.96. The molecule has 3 fully saturated rings. The van der Waals surface area contributed by atoms with E-state index in [-0.39, 0.29) is 35.6 Å². The van der Waals surface area contributed by atoms with Crippen molar-refractivity contribution in [2.24, 2.45) is 40.4 Å². The fourth-order valence-electron chi connectivity index (χ4n) is 9.00. The monoisotopic (exact) mass is 576 g/mol. The van der Waals surface area contributed by atoms with E-state index in [1.54, 1.807) is 26.9 Å². The van der Waals surface area contributed by atoms with Crippen LogP contribution < -0.4 is 0 Å². The van der Waals surface area contributed by atoms with E-state index in [0.29, 0.717) is 49.6 Å². The molecule has 0 radical (unpaired) electrons. The van der Waals surface area contributed by atoms with Crippen LogP contribution in [0.15, 0.2) is 23.3 Å². The first-order chi connectivity index (χ1) is 19.4. The van der Waals surface area contributed by atoms with Gasteiger partial charge in [-0.15, -0.1) is 0 Å². The molecule has 0 aromatic rings. The number of allylic oxidation sites excluding steroid dienone is 3. The minimum atomic E-state index is -0.828. The van der Waals surface area contributed by atoms with Crippen LogP contribution in [0.2, 0.25) is 0 Å². The first-order valence-corrected chi connectivity index (χ1v) is 15.7. The number of Topliss-reactive ketones (excluding diaryl/α,β-unsaturated/α-hetero) is 1. The molecule has 0 aromatic heterocycles. The molecule has 0 spiro atoms. The van der Waals surface area contributed by atoms with Crippen LogP contribution in [0.4, 0.5) is 0 Å². The van der Waals surface area contributed by atoms with Gasteiger partial charge in [0.05, 0.1) is 12.2 Å². The quantitative estimate of drug-likeness (QED) is 0.213. The fraction of sp³-hybridized carbons (Fsp3) is 0.853. The lowest BCUT2D eigenvalue weighted by Gasteiger charge is -2.57. The summed E-state index contributed by atoms with van der Waals surface area (Å²) in [4.78, 5) is 13.2. The van der Waals surface area contributed by atoms with E-state index in [9.17, 15) is 4.79 Å². The Morgan fingerprint density at radius 3 is 2.32 bits per heavy atom. The molecule has 4 aliphatic carbocycles. The van der Waals surface area contributed by atoms with Crippen molar-refractivity contribution in [2.45, 2.75) is 104 Å². The zero-order chi connectivity index (χ0) is 30.0. The van der Waals surface area contributed by atoms with Crippen molar-refractivity contribution >= 4 is 5.78 Å². The second-order valence-electron chi connectivity index (χ2n) is 14.2. The largest absolute Gasteiger partial charge is 0.359 e. The lowest BCUT2D eigenvalue weighted by atomic mass is 9.49.